The summed E-state index contributed by atoms with van der Waals surface area (Å²) in [5.41, 5.74) is 1.88. The van der Waals surface area contributed by atoms with Crippen molar-refractivity contribution in [3.63, 3.8) is 0 Å². The lowest BCUT2D eigenvalue weighted by molar-refractivity contribution is 0.0478. The van der Waals surface area contributed by atoms with Crippen molar-refractivity contribution < 1.29 is 9.53 Å². The molecule has 0 spiro atoms. The van der Waals surface area contributed by atoms with Crippen molar-refractivity contribution in [3.05, 3.63) is 52.7 Å². The van der Waals surface area contributed by atoms with E-state index in [4.69, 9.17) is 4.74 Å². The Bertz CT molecular complexity index is 934. The van der Waals surface area contributed by atoms with Gasteiger partial charge in [-0.2, -0.15) is 0 Å². The van der Waals surface area contributed by atoms with Gasteiger partial charge < -0.3 is 15.0 Å². The van der Waals surface area contributed by atoms with Gasteiger partial charge in [0, 0.05) is 19.6 Å². The highest BCUT2D eigenvalue weighted by Crippen LogP contribution is 2.35. The number of aryl methyl sites for hydroxylation is 1. The summed E-state index contributed by atoms with van der Waals surface area (Å²) in [7, 11) is 0. The van der Waals surface area contributed by atoms with E-state index in [9.17, 15) is 4.79 Å². The fraction of sp³-hybridized carbons (Fsp3) is 0.350. The Hall–Kier alpha value is -2.51. The molecule has 0 amide bonds. The third kappa shape index (κ3) is 3.79. The van der Waals surface area contributed by atoms with E-state index >= 15 is 0 Å². The zero-order valence-electron chi connectivity index (χ0n) is 15.3. The highest BCUT2D eigenvalue weighted by Gasteiger charge is 2.23. The summed E-state index contributed by atoms with van der Waals surface area (Å²) in [6, 6.07) is 9.71. The molecule has 7 heteroatoms. The number of fused-ring (bicyclic) bond motifs is 1. The van der Waals surface area contributed by atoms with Crippen LogP contribution in [0.2, 0.25) is 0 Å². The van der Waals surface area contributed by atoms with Gasteiger partial charge in [0.2, 0.25) is 0 Å². The minimum atomic E-state index is -0.303. The molecule has 1 aromatic carbocycles. The summed E-state index contributed by atoms with van der Waals surface area (Å²) < 4.78 is 5.53. The monoisotopic (exact) mass is 382 g/mol. The molecule has 3 aromatic rings. The first-order chi connectivity index (χ1) is 13.2. The highest BCUT2D eigenvalue weighted by molar-refractivity contribution is 7.20. The second-order valence-corrected chi connectivity index (χ2v) is 7.59. The molecule has 1 aliphatic heterocycles. The van der Waals surface area contributed by atoms with Crippen LogP contribution in [0.3, 0.4) is 0 Å². The Morgan fingerprint density at radius 3 is 2.93 bits per heavy atom. The van der Waals surface area contributed by atoms with Crippen LogP contribution in [0.15, 0.2) is 36.7 Å². The lowest BCUT2D eigenvalue weighted by atomic mass is 10.2. The van der Waals surface area contributed by atoms with Crippen LogP contribution in [0.5, 0.6) is 0 Å². The average molecular weight is 382 g/mol. The molecule has 0 radical (unpaired) electrons. The number of hydrogen-bond acceptors (Lipinski definition) is 7. The quantitative estimate of drug-likeness (QED) is 0.699. The number of anilines is 1. The Balaban J connectivity index is 1.61. The minimum Gasteiger partial charge on any atom is -0.457 e. The van der Waals surface area contributed by atoms with Gasteiger partial charge in [0.15, 0.2) is 0 Å². The van der Waals surface area contributed by atoms with Gasteiger partial charge in [0.1, 0.15) is 28.5 Å². The average Bonchev–Trinajstić information content (AvgIpc) is 2.88. The van der Waals surface area contributed by atoms with Gasteiger partial charge in [0.25, 0.3) is 0 Å². The van der Waals surface area contributed by atoms with Gasteiger partial charge >= 0.3 is 5.97 Å². The maximum atomic E-state index is 12.7. The number of carbonyl (C=O) groups is 1. The highest BCUT2D eigenvalue weighted by atomic mass is 32.1. The van der Waals surface area contributed by atoms with Crippen molar-refractivity contribution in [2.45, 2.75) is 20.0 Å². The Kier molecular flexibility index (Phi) is 5.31. The number of carbonyl (C=O) groups excluding carboxylic acids is 1. The number of ether oxygens (including phenoxy) is 1. The number of thiophene rings is 1. The second-order valence-electron chi connectivity index (χ2n) is 6.59. The molecule has 0 aliphatic carbocycles. The molecule has 1 N–H and O–H groups in total. The van der Waals surface area contributed by atoms with Gasteiger partial charge in [0.05, 0.1) is 5.39 Å². The predicted octanol–water partition coefficient (Wildman–Crippen LogP) is 3.16. The zero-order chi connectivity index (χ0) is 18.6. The van der Waals surface area contributed by atoms with Crippen LogP contribution in [0.1, 0.15) is 27.2 Å². The van der Waals surface area contributed by atoms with Crippen LogP contribution in [0.4, 0.5) is 5.82 Å². The van der Waals surface area contributed by atoms with Crippen LogP contribution in [0, 0.1) is 6.92 Å². The smallest absolute Gasteiger partial charge is 0.349 e. The maximum absolute atomic E-state index is 12.7. The largest absolute Gasteiger partial charge is 0.457 e. The third-order valence-electron chi connectivity index (χ3n) is 4.74. The first-order valence-electron chi connectivity index (χ1n) is 9.15. The molecule has 27 heavy (non-hydrogen) atoms. The molecule has 140 valence electrons. The number of nitrogens with zero attached hydrogens (tertiary/aromatic N) is 3. The van der Waals surface area contributed by atoms with E-state index in [1.807, 2.05) is 37.3 Å². The lowest BCUT2D eigenvalue weighted by Crippen LogP contribution is -2.28. The topological polar surface area (TPSA) is 67.3 Å². The standard InChI is InChI=1S/C20H22N4O2S/c1-14-16-18(24-10-5-8-21-9-11-24)22-13-23-19(16)27-17(14)20(25)26-12-15-6-3-2-4-7-15/h2-4,6-7,13,21H,5,8-12H2,1H3. The van der Waals surface area contributed by atoms with Crippen LogP contribution < -0.4 is 10.2 Å². The molecule has 0 saturated carbocycles. The molecule has 0 bridgehead atoms. The molecule has 1 saturated heterocycles. The van der Waals surface area contributed by atoms with Crippen LogP contribution >= 0.6 is 11.3 Å². The molecule has 0 atom stereocenters. The molecule has 0 unspecified atom stereocenters. The van der Waals surface area contributed by atoms with E-state index in [1.54, 1.807) is 6.33 Å². The molecule has 2 aromatic heterocycles. The molecular formula is C20H22N4O2S. The van der Waals surface area contributed by atoms with Crippen LogP contribution in [-0.4, -0.2) is 42.1 Å². The van der Waals surface area contributed by atoms with Gasteiger partial charge in [-0.3, -0.25) is 0 Å². The van der Waals surface area contributed by atoms with Gasteiger partial charge in [-0.05, 0) is 31.0 Å². The summed E-state index contributed by atoms with van der Waals surface area (Å²) in [5.74, 6) is 0.613. The van der Waals surface area contributed by atoms with E-state index in [1.165, 1.54) is 11.3 Å². The third-order valence-corrected chi connectivity index (χ3v) is 5.92. The van der Waals surface area contributed by atoms with E-state index in [0.29, 0.717) is 4.88 Å². The SMILES string of the molecule is Cc1c(C(=O)OCc2ccccc2)sc2ncnc(N3CCCNCC3)c12. The van der Waals surface area contributed by atoms with Gasteiger partial charge in [-0.25, -0.2) is 14.8 Å². The normalized spacial score (nSPS) is 14.9. The summed E-state index contributed by atoms with van der Waals surface area (Å²) in [6.45, 7) is 6.02. The summed E-state index contributed by atoms with van der Waals surface area (Å²) >= 11 is 1.38. The number of nitrogens with one attached hydrogen (secondary N) is 1. The fourth-order valence-corrected chi connectivity index (χ4v) is 4.37. The molecular weight excluding hydrogens is 360 g/mol. The maximum Gasteiger partial charge on any atom is 0.349 e. The number of esters is 1. The molecule has 6 nitrogen and oxygen atoms in total. The Morgan fingerprint density at radius 1 is 1.22 bits per heavy atom. The van der Waals surface area contributed by atoms with Crippen molar-refractivity contribution in [1.82, 2.24) is 15.3 Å². The van der Waals surface area contributed by atoms with Crippen molar-refractivity contribution >= 4 is 33.3 Å². The number of benzene rings is 1. The first-order valence-corrected chi connectivity index (χ1v) is 9.96. The lowest BCUT2D eigenvalue weighted by Gasteiger charge is -2.21. The van der Waals surface area contributed by atoms with Crippen molar-refractivity contribution in [2.24, 2.45) is 0 Å². The Labute approximate surface area is 162 Å². The Morgan fingerprint density at radius 2 is 2.07 bits per heavy atom. The molecule has 4 rings (SSSR count). The van der Waals surface area contributed by atoms with Crippen LogP contribution in [0.25, 0.3) is 10.2 Å². The second kappa shape index (κ2) is 8.02. The summed E-state index contributed by atoms with van der Waals surface area (Å²) in [5, 5.41) is 4.38. The predicted molar refractivity (Wildman–Crippen MR) is 107 cm³/mol. The molecule has 1 aliphatic rings. The van der Waals surface area contributed by atoms with Crippen molar-refractivity contribution in [1.29, 1.82) is 0 Å². The summed E-state index contributed by atoms with van der Waals surface area (Å²) in [6.07, 6.45) is 2.66. The molecule has 1 fully saturated rings. The van der Waals surface area contributed by atoms with Crippen molar-refractivity contribution in [3.8, 4) is 0 Å². The van der Waals surface area contributed by atoms with E-state index in [0.717, 1.165) is 59.8 Å². The van der Waals surface area contributed by atoms with Crippen molar-refractivity contribution in [2.75, 3.05) is 31.1 Å². The number of rotatable bonds is 4. The fourth-order valence-electron chi connectivity index (χ4n) is 3.33. The van der Waals surface area contributed by atoms with E-state index in [-0.39, 0.29) is 12.6 Å². The van der Waals surface area contributed by atoms with Crippen LogP contribution in [-0.2, 0) is 11.3 Å². The van der Waals surface area contributed by atoms with E-state index in [2.05, 4.69) is 20.2 Å². The number of hydrogen-bond donors (Lipinski definition) is 1. The first kappa shape index (κ1) is 17.9. The number of aromatic nitrogens is 2. The zero-order valence-corrected chi connectivity index (χ0v) is 16.1. The minimum absolute atomic E-state index is 0.268. The van der Waals surface area contributed by atoms with Gasteiger partial charge in [-0.15, -0.1) is 11.3 Å². The summed E-state index contributed by atoms with van der Waals surface area (Å²) in [4.78, 5) is 25.3. The van der Waals surface area contributed by atoms with E-state index < -0.39 is 0 Å². The molecule has 3 heterocycles. The van der Waals surface area contributed by atoms with Gasteiger partial charge in [-0.1, -0.05) is 30.3 Å².